The van der Waals surface area contributed by atoms with Crippen molar-refractivity contribution in [1.29, 1.82) is 0 Å². The minimum absolute atomic E-state index is 0.936. The smallest absolute Gasteiger partial charge is 0.0392 e. The number of rotatable bonds is 0. The van der Waals surface area contributed by atoms with Crippen LogP contribution >= 0.6 is 0 Å². The second-order valence-corrected chi connectivity index (χ2v) is 69.7. The van der Waals surface area contributed by atoms with Crippen molar-refractivity contribution in [3.8, 4) is 0 Å². The number of hydrogen-bond donors (Lipinski definition) is 0. The summed E-state index contributed by atoms with van der Waals surface area (Å²) in [5.74, 6) is 0. The summed E-state index contributed by atoms with van der Waals surface area (Å²) < 4.78 is 0.971. The van der Waals surface area contributed by atoms with Crippen LogP contribution in [-0.4, -0.2) is 44.6 Å². The second kappa shape index (κ2) is 4.72. The molecule has 2 heterocycles. The van der Waals surface area contributed by atoms with Crippen molar-refractivity contribution in [2.24, 2.45) is 0 Å². The zero-order valence-corrected chi connectivity index (χ0v) is 23.6. The molecule has 2 saturated heterocycles. The highest BCUT2D eigenvalue weighted by atomic mass is 29.7. The van der Waals surface area contributed by atoms with E-state index in [1.54, 1.807) is 18.9 Å². The van der Waals surface area contributed by atoms with Crippen LogP contribution in [0.15, 0.2) is 0 Å². The van der Waals surface area contributed by atoms with Crippen LogP contribution < -0.4 is 0 Å². The molecular weight excluding hydrogens is 361 g/mol. The van der Waals surface area contributed by atoms with E-state index in [9.17, 15) is 0 Å². The summed E-state index contributed by atoms with van der Waals surface area (Å²) in [6.07, 6.45) is 3.28. The molecule has 6 heteroatoms. The van der Waals surface area contributed by atoms with Gasteiger partial charge in [0.2, 0.25) is 0 Å². The first-order valence-electron chi connectivity index (χ1n) is 9.46. The van der Waals surface area contributed by atoms with Crippen molar-refractivity contribution in [3.05, 3.63) is 0 Å². The van der Waals surface area contributed by atoms with Crippen LogP contribution in [0.25, 0.3) is 0 Å². The largest absolute Gasteiger partial charge is 0.0731 e. The third-order valence-electron chi connectivity index (χ3n) is 10.9. The van der Waals surface area contributed by atoms with Gasteiger partial charge in [0.05, 0.1) is 0 Å². The summed E-state index contributed by atoms with van der Waals surface area (Å²) in [4.78, 5) is 0. The molecule has 0 atom stereocenters. The highest BCUT2D eigenvalue weighted by Crippen LogP contribution is 2.73. The molecule has 1 spiro atoms. The third-order valence-corrected chi connectivity index (χ3v) is 114. The average Bonchev–Trinajstić information content (AvgIpc) is 2.36. The van der Waals surface area contributed by atoms with Crippen LogP contribution in [0.1, 0.15) is 12.8 Å². The lowest BCUT2D eigenvalue weighted by molar-refractivity contribution is 0.749. The van der Waals surface area contributed by atoms with Gasteiger partial charge in [-0.15, -0.1) is 0 Å². The van der Waals surface area contributed by atoms with Crippen LogP contribution in [0.5, 0.6) is 0 Å². The molecule has 0 amide bonds. The first-order chi connectivity index (χ1) is 9.46. The highest BCUT2D eigenvalue weighted by molar-refractivity contribution is 7.86. The summed E-state index contributed by atoms with van der Waals surface area (Å²) in [6, 6.07) is 1.65. The van der Waals surface area contributed by atoms with Gasteiger partial charge in [0.1, 0.15) is 0 Å². The Hall–Kier alpha value is 1.30. The average molecular weight is 403 g/mol. The summed E-state index contributed by atoms with van der Waals surface area (Å²) in [5.41, 5.74) is 0. The van der Waals surface area contributed by atoms with E-state index < -0.39 is 44.6 Å². The molecule has 0 unspecified atom stereocenters. The van der Waals surface area contributed by atoms with E-state index in [1.807, 2.05) is 0 Å². The van der Waals surface area contributed by atoms with Crippen LogP contribution in [0.4, 0.5) is 0 Å². The van der Waals surface area contributed by atoms with Gasteiger partial charge in [-0.25, -0.2) is 0 Å². The zero-order valence-electron chi connectivity index (χ0n) is 17.6. The van der Waals surface area contributed by atoms with Crippen molar-refractivity contribution in [2.45, 2.75) is 102 Å². The molecule has 0 aromatic heterocycles. The van der Waals surface area contributed by atoms with E-state index in [2.05, 4.69) is 78.6 Å². The van der Waals surface area contributed by atoms with Crippen molar-refractivity contribution in [3.63, 3.8) is 0 Å². The SMILES string of the molecule is C[Si]1(C)CCCC2([Si](C)(C)[Si]1(C)C)[Si](C)(C)[Si](C)(C)[Si]2(C)C. The van der Waals surface area contributed by atoms with Gasteiger partial charge in [0, 0.05) is 44.6 Å². The first-order valence-corrected chi connectivity index (χ1v) is 31.7. The minimum atomic E-state index is -1.17. The monoisotopic (exact) mass is 402 g/mol. The molecule has 2 aliphatic heterocycles. The molecular formula is C16H42Si6. The molecule has 0 saturated carbocycles. The predicted octanol–water partition coefficient (Wildman–Crippen LogP) is 6.18. The lowest BCUT2D eigenvalue weighted by atomic mass is 10.4. The second-order valence-electron chi connectivity index (χ2n) is 11.8. The fourth-order valence-corrected chi connectivity index (χ4v) is 133. The molecule has 0 radical (unpaired) electrons. The Labute approximate surface area is 146 Å². The van der Waals surface area contributed by atoms with E-state index in [4.69, 9.17) is 0 Å². The molecule has 2 rings (SSSR count). The van der Waals surface area contributed by atoms with E-state index in [1.165, 1.54) is 0 Å². The Balaban J connectivity index is 2.76. The molecule has 0 nitrogen and oxygen atoms in total. The van der Waals surface area contributed by atoms with E-state index in [0.717, 1.165) is 4.28 Å². The molecule has 0 N–H and O–H groups in total. The lowest BCUT2D eigenvalue weighted by Gasteiger charge is -2.81. The van der Waals surface area contributed by atoms with Crippen LogP contribution in [0.2, 0.25) is 88.9 Å². The van der Waals surface area contributed by atoms with E-state index in [-0.39, 0.29) is 0 Å². The first kappa shape index (κ1) is 19.6. The maximum absolute atomic E-state index is 2.92. The van der Waals surface area contributed by atoms with Crippen LogP contribution in [-0.2, 0) is 0 Å². The lowest BCUT2D eigenvalue weighted by Crippen LogP contribution is -2.98. The van der Waals surface area contributed by atoms with Crippen molar-refractivity contribution < 1.29 is 0 Å². The van der Waals surface area contributed by atoms with Gasteiger partial charge in [-0.3, -0.25) is 0 Å². The fraction of sp³-hybridized carbons (Fsp3) is 1.00. The van der Waals surface area contributed by atoms with Gasteiger partial charge in [-0.2, -0.15) is 0 Å². The molecule has 2 aliphatic rings. The number of hydrogen-bond acceptors (Lipinski definition) is 0. The zero-order chi connectivity index (χ0) is 17.6. The van der Waals surface area contributed by atoms with Crippen LogP contribution in [0, 0.1) is 0 Å². The molecule has 2 fully saturated rings. The Morgan fingerprint density at radius 3 is 1.32 bits per heavy atom. The maximum atomic E-state index is 2.92. The standard InChI is InChI=1S/C16H42Si6/c1-17(2)15-13-14-16(18(3,4)21(17,9)10)19(5,6)22(11,12)20(16,7)8/h13-15H2,1-12H3. The Morgan fingerprint density at radius 2 is 0.909 bits per heavy atom. The van der Waals surface area contributed by atoms with Gasteiger partial charge in [-0.05, 0) is 4.28 Å². The summed E-state index contributed by atoms with van der Waals surface area (Å²) in [6.45, 7) is 34.3. The van der Waals surface area contributed by atoms with Gasteiger partial charge < -0.3 is 0 Å². The van der Waals surface area contributed by atoms with Crippen molar-refractivity contribution in [1.82, 2.24) is 0 Å². The van der Waals surface area contributed by atoms with Crippen LogP contribution in [0.3, 0.4) is 0 Å². The fourth-order valence-electron chi connectivity index (χ4n) is 7.55. The van der Waals surface area contributed by atoms with Gasteiger partial charge in [0.15, 0.2) is 0 Å². The summed E-state index contributed by atoms with van der Waals surface area (Å²) in [7, 11) is -6.29. The summed E-state index contributed by atoms with van der Waals surface area (Å²) in [5, 5.41) is 0. The van der Waals surface area contributed by atoms with Crippen molar-refractivity contribution in [2.75, 3.05) is 0 Å². The normalized spacial score (nSPS) is 35.5. The predicted molar refractivity (Wildman–Crippen MR) is 122 cm³/mol. The molecule has 0 bridgehead atoms. The van der Waals surface area contributed by atoms with Gasteiger partial charge in [0.25, 0.3) is 0 Å². The van der Waals surface area contributed by atoms with Gasteiger partial charge >= 0.3 is 0 Å². The topological polar surface area (TPSA) is 0 Å². The molecule has 130 valence electrons. The summed E-state index contributed by atoms with van der Waals surface area (Å²) >= 11 is 0. The highest BCUT2D eigenvalue weighted by Gasteiger charge is 2.84. The molecule has 0 aliphatic carbocycles. The van der Waals surface area contributed by atoms with E-state index >= 15 is 0 Å². The van der Waals surface area contributed by atoms with E-state index in [0.29, 0.717) is 0 Å². The van der Waals surface area contributed by atoms with Gasteiger partial charge in [-0.1, -0.05) is 97.4 Å². The molecule has 22 heavy (non-hydrogen) atoms. The van der Waals surface area contributed by atoms with Crippen molar-refractivity contribution >= 4 is 44.6 Å². The Morgan fingerprint density at radius 1 is 0.545 bits per heavy atom. The Kier molecular flexibility index (Phi) is 4.21. The maximum Gasteiger partial charge on any atom is 0.0392 e. The third kappa shape index (κ3) is 1.68. The molecule has 0 aromatic carbocycles. The molecule has 0 aromatic rings. The quantitative estimate of drug-likeness (QED) is 0.424. The minimum Gasteiger partial charge on any atom is -0.0731 e. The Bertz CT molecular complexity index is 469.